The van der Waals surface area contributed by atoms with Crippen molar-refractivity contribution >= 4 is 23.4 Å². The number of nitrogens with one attached hydrogen (secondary N) is 1. The second-order valence-corrected chi connectivity index (χ2v) is 5.63. The molecule has 0 aliphatic carbocycles. The summed E-state index contributed by atoms with van der Waals surface area (Å²) >= 11 is 0. The van der Waals surface area contributed by atoms with E-state index in [0.29, 0.717) is 0 Å². The van der Waals surface area contributed by atoms with Gasteiger partial charge in [-0.15, -0.1) is 0 Å². The van der Waals surface area contributed by atoms with E-state index >= 15 is 0 Å². The zero-order valence-corrected chi connectivity index (χ0v) is 13.6. The van der Waals surface area contributed by atoms with Gasteiger partial charge in [-0.25, -0.2) is 14.6 Å². The van der Waals surface area contributed by atoms with Gasteiger partial charge in [-0.2, -0.15) is 0 Å². The van der Waals surface area contributed by atoms with E-state index in [0.717, 1.165) is 11.1 Å². The number of nitrogens with zero attached hydrogens (tertiary/aromatic N) is 2. The predicted octanol–water partition coefficient (Wildman–Crippen LogP) is 2.58. The number of benzene rings is 1. The van der Waals surface area contributed by atoms with E-state index in [1.807, 2.05) is 0 Å². The molecule has 0 radical (unpaired) electrons. The molecule has 0 aliphatic heterocycles. The lowest BCUT2D eigenvalue weighted by atomic mass is 10.2. The van der Waals surface area contributed by atoms with Crippen LogP contribution >= 0.6 is 0 Å². The number of nitro benzene ring substituents is 1. The van der Waals surface area contributed by atoms with Gasteiger partial charge in [0.05, 0.1) is 17.6 Å². The van der Waals surface area contributed by atoms with Crippen LogP contribution in [0.3, 0.4) is 0 Å². The largest absolute Gasteiger partial charge is 0.465 e. The molecule has 0 unspecified atom stereocenters. The first-order chi connectivity index (χ1) is 10.5. The summed E-state index contributed by atoms with van der Waals surface area (Å²) in [6.45, 7) is 5.10. The Hall–Kier alpha value is -2.84. The Morgan fingerprint density at radius 2 is 1.91 bits per heavy atom. The first-order valence-electron chi connectivity index (χ1n) is 6.65. The quantitative estimate of drug-likeness (QED) is 0.514. The molecule has 0 atom stereocenters. The highest BCUT2D eigenvalue weighted by molar-refractivity contribution is 5.91. The van der Waals surface area contributed by atoms with Crippen LogP contribution in [0.2, 0.25) is 0 Å². The first kappa shape index (κ1) is 18.2. The molecule has 1 amide bonds. The molecule has 1 aromatic rings. The average molecular weight is 325 g/mol. The third-order valence-electron chi connectivity index (χ3n) is 2.57. The maximum Gasteiger partial charge on any atom is 0.428 e. The van der Waals surface area contributed by atoms with Crippen molar-refractivity contribution in [2.75, 3.05) is 19.6 Å². The van der Waals surface area contributed by atoms with Crippen LogP contribution in [0.1, 0.15) is 31.1 Å². The van der Waals surface area contributed by atoms with Crippen molar-refractivity contribution in [3.8, 4) is 0 Å². The summed E-state index contributed by atoms with van der Waals surface area (Å²) in [5.74, 6) is -0.694. The molecule has 0 bridgehead atoms. The van der Waals surface area contributed by atoms with Gasteiger partial charge in [-0.1, -0.05) is 0 Å². The Kier molecular flexibility index (Phi) is 5.50. The van der Waals surface area contributed by atoms with Crippen LogP contribution in [0.15, 0.2) is 18.2 Å². The minimum absolute atomic E-state index is 0.0321. The summed E-state index contributed by atoms with van der Waals surface area (Å²) in [6.07, 6.45) is -0.705. The van der Waals surface area contributed by atoms with Gasteiger partial charge >= 0.3 is 12.1 Å². The molecule has 9 nitrogen and oxygen atoms in total. The van der Waals surface area contributed by atoms with Crippen LogP contribution in [0, 0.1) is 10.1 Å². The van der Waals surface area contributed by atoms with E-state index in [9.17, 15) is 19.7 Å². The maximum atomic E-state index is 11.9. The highest BCUT2D eigenvalue weighted by atomic mass is 16.6. The van der Waals surface area contributed by atoms with Gasteiger partial charge in [0.2, 0.25) is 0 Å². The molecule has 0 saturated heterocycles. The molecule has 1 N–H and O–H groups in total. The lowest BCUT2D eigenvalue weighted by Gasteiger charge is -2.25. The predicted molar refractivity (Wildman–Crippen MR) is 82.1 cm³/mol. The summed E-state index contributed by atoms with van der Waals surface area (Å²) in [4.78, 5) is 33.8. The summed E-state index contributed by atoms with van der Waals surface area (Å²) in [5, 5.41) is 12.1. The van der Waals surface area contributed by atoms with Crippen molar-refractivity contribution in [1.29, 1.82) is 0 Å². The zero-order valence-electron chi connectivity index (χ0n) is 13.6. The number of amides is 1. The standard InChI is InChI=1S/C14H19N3O6/c1-14(2,3)23-13(19)16(4)15-10-7-6-9(12(18)22-5)8-11(10)17(20)21/h6-8,15H,1-5H3. The number of anilines is 1. The summed E-state index contributed by atoms with van der Waals surface area (Å²) in [7, 11) is 2.54. The van der Waals surface area contributed by atoms with E-state index in [4.69, 9.17) is 4.74 Å². The second kappa shape index (κ2) is 6.95. The van der Waals surface area contributed by atoms with Gasteiger partial charge in [-0.3, -0.25) is 15.5 Å². The Morgan fingerprint density at radius 1 is 1.30 bits per heavy atom. The van der Waals surface area contributed by atoms with Gasteiger partial charge in [0.15, 0.2) is 0 Å². The molecule has 126 valence electrons. The molecular formula is C14H19N3O6. The Labute approximate surface area is 133 Å². The Morgan fingerprint density at radius 3 is 2.39 bits per heavy atom. The van der Waals surface area contributed by atoms with Crippen molar-refractivity contribution in [3.63, 3.8) is 0 Å². The second-order valence-electron chi connectivity index (χ2n) is 5.63. The number of ether oxygens (including phenoxy) is 2. The zero-order chi connectivity index (χ0) is 17.8. The fraction of sp³-hybridized carbons (Fsp3) is 0.429. The fourth-order valence-corrected chi connectivity index (χ4v) is 1.58. The molecule has 0 aromatic heterocycles. The minimum Gasteiger partial charge on any atom is -0.465 e. The molecular weight excluding hydrogens is 306 g/mol. The van der Waals surface area contributed by atoms with Crippen molar-refractivity contribution in [3.05, 3.63) is 33.9 Å². The summed E-state index contributed by atoms with van der Waals surface area (Å²) in [5.41, 5.74) is 1.56. The minimum atomic E-state index is -0.705. The number of methoxy groups -OCH3 is 1. The number of carbonyl (C=O) groups is 2. The monoisotopic (exact) mass is 325 g/mol. The summed E-state index contributed by atoms with van der Waals surface area (Å²) in [6, 6.07) is 3.73. The van der Waals surface area contributed by atoms with Gasteiger partial charge < -0.3 is 9.47 Å². The van der Waals surface area contributed by atoms with Crippen LogP contribution in [0.4, 0.5) is 16.2 Å². The van der Waals surface area contributed by atoms with E-state index in [1.54, 1.807) is 20.8 Å². The number of esters is 1. The van der Waals surface area contributed by atoms with E-state index in [-0.39, 0.29) is 16.9 Å². The van der Waals surface area contributed by atoms with Crippen molar-refractivity contribution in [2.45, 2.75) is 26.4 Å². The van der Waals surface area contributed by atoms with E-state index in [1.165, 1.54) is 26.3 Å². The molecule has 0 aliphatic rings. The molecule has 0 heterocycles. The SMILES string of the molecule is COC(=O)c1ccc(NN(C)C(=O)OC(C)(C)C)c([N+](=O)[O-])c1. The Bertz CT molecular complexity index is 623. The van der Waals surface area contributed by atoms with Crippen LogP contribution in [-0.4, -0.2) is 41.8 Å². The van der Waals surface area contributed by atoms with Crippen LogP contribution in [0.5, 0.6) is 0 Å². The van der Waals surface area contributed by atoms with Crippen LogP contribution in [0.25, 0.3) is 0 Å². The van der Waals surface area contributed by atoms with Crippen molar-refractivity contribution < 1.29 is 24.0 Å². The Balaban J connectivity index is 3.02. The van der Waals surface area contributed by atoms with Gasteiger partial charge in [0.1, 0.15) is 11.3 Å². The lowest BCUT2D eigenvalue weighted by Crippen LogP contribution is -2.37. The third-order valence-corrected chi connectivity index (χ3v) is 2.57. The molecule has 9 heteroatoms. The highest BCUT2D eigenvalue weighted by Crippen LogP contribution is 2.26. The highest BCUT2D eigenvalue weighted by Gasteiger charge is 2.23. The maximum absolute atomic E-state index is 11.9. The number of hydrogen-bond donors (Lipinski definition) is 1. The van der Waals surface area contributed by atoms with Gasteiger partial charge in [0.25, 0.3) is 5.69 Å². The van der Waals surface area contributed by atoms with Gasteiger partial charge in [-0.05, 0) is 32.9 Å². The van der Waals surface area contributed by atoms with E-state index in [2.05, 4.69) is 10.2 Å². The number of rotatable bonds is 4. The topological polar surface area (TPSA) is 111 Å². The third kappa shape index (κ3) is 5.13. The number of hydrogen-bond acceptors (Lipinski definition) is 7. The fourth-order valence-electron chi connectivity index (χ4n) is 1.58. The van der Waals surface area contributed by atoms with Crippen molar-refractivity contribution in [2.24, 2.45) is 0 Å². The summed E-state index contributed by atoms with van der Waals surface area (Å²) < 4.78 is 9.65. The lowest BCUT2D eigenvalue weighted by molar-refractivity contribution is -0.384. The smallest absolute Gasteiger partial charge is 0.428 e. The van der Waals surface area contributed by atoms with Crippen LogP contribution in [-0.2, 0) is 9.47 Å². The van der Waals surface area contributed by atoms with E-state index < -0.39 is 22.6 Å². The molecule has 1 aromatic carbocycles. The number of nitro groups is 1. The molecule has 0 saturated carbocycles. The normalized spacial score (nSPS) is 10.7. The van der Waals surface area contributed by atoms with Crippen molar-refractivity contribution in [1.82, 2.24) is 5.01 Å². The molecule has 0 fully saturated rings. The number of hydrazine groups is 1. The molecule has 23 heavy (non-hydrogen) atoms. The molecule has 0 spiro atoms. The van der Waals surface area contributed by atoms with Crippen LogP contribution < -0.4 is 5.43 Å². The first-order valence-corrected chi connectivity index (χ1v) is 6.65. The molecule has 1 rings (SSSR count). The van der Waals surface area contributed by atoms with Gasteiger partial charge in [0, 0.05) is 13.1 Å². The average Bonchev–Trinajstić information content (AvgIpc) is 2.44. The number of carbonyl (C=O) groups excluding carboxylic acids is 2.